The Bertz CT molecular complexity index is 73.3. The monoisotopic (exact) mass is 199 g/mol. The van der Waals surface area contributed by atoms with Crippen molar-refractivity contribution in [1.29, 1.82) is 0 Å². The van der Waals surface area contributed by atoms with Crippen LogP contribution in [-0.4, -0.2) is 16.1 Å². The highest BCUT2D eigenvalue weighted by molar-refractivity contribution is 9.22. The van der Waals surface area contributed by atoms with Crippen molar-refractivity contribution in [3.63, 3.8) is 0 Å². The number of aliphatic imine (C=N–C) groups is 1. The molecule has 0 spiro atoms. The number of nitrogens with zero attached hydrogens (tertiary/aromatic N) is 1. The van der Waals surface area contributed by atoms with Gasteiger partial charge in [0.05, 0.1) is 5.88 Å². The maximum absolute atomic E-state index is 3.90. The quantitative estimate of drug-likeness (QED) is 0.388. The summed E-state index contributed by atoms with van der Waals surface area (Å²) in [5, 5.41) is 0. The molecule has 0 bridgehead atoms. The topological polar surface area (TPSA) is 12.4 Å². The highest BCUT2D eigenvalue weighted by Gasteiger charge is 1.81. The largest absolute Gasteiger partial charge is 0.261 e. The summed E-state index contributed by atoms with van der Waals surface area (Å²) in [6.07, 6.45) is 1.96. The summed E-state index contributed by atoms with van der Waals surface area (Å²) >= 11 is 8.65. The van der Waals surface area contributed by atoms with E-state index in [0.29, 0.717) is 5.88 Å². The molecule has 0 saturated carbocycles. The minimum Gasteiger partial charge on any atom is -0.261 e. The SMILES string of the molecule is CSC(Br)=NCS. The molecule has 0 aromatic heterocycles. The van der Waals surface area contributed by atoms with Gasteiger partial charge in [-0.1, -0.05) is 0 Å². The molecule has 0 aromatic carbocycles. The summed E-state index contributed by atoms with van der Waals surface area (Å²) in [6, 6.07) is 0. The minimum absolute atomic E-state index is 0.557. The van der Waals surface area contributed by atoms with Gasteiger partial charge >= 0.3 is 0 Å². The Morgan fingerprint density at radius 2 is 2.57 bits per heavy atom. The van der Waals surface area contributed by atoms with Crippen molar-refractivity contribution in [2.45, 2.75) is 0 Å². The normalized spacial score (nSPS) is 12.1. The molecule has 4 heteroatoms. The summed E-state index contributed by atoms with van der Waals surface area (Å²) in [7, 11) is 0. The molecule has 0 saturated heterocycles. The van der Waals surface area contributed by atoms with Gasteiger partial charge in [0.1, 0.15) is 3.95 Å². The van der Waals surface area contributed by atoms with Crippen LogP contribution in [0.25, 0.3) is 0 Å². The van der Waals surface area contributed by atoms with Crippen molar-refractivity contribution < 1.29 is 0 Å². The lowest BCUT2D eigenvalue weighted by Gasteiger charge is -1.84. The molecule has 1 nitrogen and oxygen atoms in total. The lowest BCUT2D eigenvalue weighted by Crippen LogP contribution is -1.73. The van der Waals surface area contributed by atoms with E-state index < -0.39 is 0 Å². The summed E-state index contributed by atoms with van der Waals surface area (Å²) in [5.74, 6) is 0.557. The molecule has 0 N–H and O–H groups in total. The van der Waals surface area contributed by atoms with Gasteiger partial charge in [-0.25, -0.2) is 0 Å². The Kier molecular flexibility index (Phi) is 5.60. The average molecular weight is 200 g/mol. The molecular formula is C3H6BrNS2. The first kappa shape index (κ1) is 7.85. The van der Waals surface area contributed by atoms with Crippen molar-refractivity contribution >= 4 is 44.3 Å². The third kappa shape index (κ3) is 4.71. The molecule has 0 aliphatic heterocycles. The molecule has 0 heterocycles. The fourth-order valence-electron chi connectivity index (χ4n) is 0.120. The molecule has 0 radical (unpaired) electrons. The summed E-state index contributed by atoms with van der Waals surface area (Å²) in [4.78, 5) is 3.90. The summed E-state index contributed by atoms with van der Waals surface area (Å²) < 4.78 is 0.905. The van der Waals surface area contributed by atoms with Gasteiger partial charge in [0.15, 0.2) is 0 Å². The van der Waals surface area contributed by atoms with Crippen LogP contribution in [0.4, 0.5) is 0 Å². The van der Waals surface area contributed by atoms with E-state index in [0.717, 1.165) is 3.95 Å². The van der Waals surface area contributed by atoms with Crippen LogP contribution in [0.5, 0.6) is 0 Å². The molecule has 0 aliphatic carbocycles. The van der Waals surface area contributed by atoms with Crippen LogP contribution in [0.2, 0.25) is 0 Å². The molecule has 7 heavy (non-hydrogen) atoms. The van der Waals surface area contributed by atoms with Gasteiger partial charge in [0.25, 0.3) is 0 Å². The molecule has 0 atom stereocenters. The molecular weight excluding hydrogens is 194 g/mol. The second-order valence-corrected chi connectivity index (χ2v) is 3.11. The number of halogens is 1. The van der Waals surface area contributed by atoms with Crippen LogP contribution in [-0.2, 0) is 0 Å². The zero-order valence-corrected chi connectivity index (χ0v) is 7.18. The smallest absolute Gasteiger partial charge is 0.134 e. The van der Waals surface area contributed by atoms with E-state index in [4.69, 9.17) is 0 Å². The van der Waals surface area contributed by atoms with E-state index in [1.165, 1.54) is 0 Å². The first-order chi connectivity index (χ1) is 3.31. The van der Waals surface area contributed by atoms with E-state index >= 15 is 0 Å². The maximum atomic E-state index is 3.90. The van der Waals surface area contributed by atoms with Crippen LogP contribution >= 0.6 is 40.3 Å². The number of hydrogen-bond acceptors (Lipinski definition) is 3. The van der Waals surface area contributed by atoms with Crippen LogP contribution in [0.15, 0.2) is 4.99 Å². The van der Waals surface area contributed by atoms with Crippen molar-refractivity contribution in [3.8, 4) is 0 Å². The van der Waals surface area contributed by atoms with Crippen molar-refractivity contribution in [3.05, 3.63) is 0 Å². The first-order valence-corrected chi connectivity index (χ1v) is 4.31. The van der Waals surface area contributed by atoms with Crippen molar-refractivity contribution in [2.75, 3.05) is 12.1 Å². The molecule has 0 unspecified atom stereocenters. The summed E-state index contributed by atoms with van der Waals surface area (Å²) in [5.41, 5.74) is 0. The summed E-state index contributed by atoms with van der Waals surface area (Å²) in [6.45, 7) is 0. The Morgan fingerprint density at radius 3 is 2.71 bits per heavy atom. The van der Waals surface area contributed by atoms with E-state index in [2.05, 4.69) is 33.6 Å². The second-order valence-electron chi connectivity index (χ2n) is 0.757. The van der Waals surface area contributed by atoms with Gasteiger partial charge < -0.3 is 0 Å². The Hall–Kier alpha value is 0.850. The lowest BCUT2D eigenvalue weighted by molar-refractivity contribution is 1.42. The average Bonchev–Trinajstić information content (AvgIpc) is 1.68. The van der Waals surface area contributed by atoms with Gasteiger partial charge in [-0.05, 0) is 22.2 Å². The number of hydrogen-bond donors (Lipinski definition) is 1. The van der Waals surface area contributed by atoms with Crippen LogP contribution in [0.1, 0.15) is 0 Å². The van der Waals surface area contributed by atoms with Crippen LogP contribution in [0.3, 0.4) is 0 Å². The minimum atomic E-state index is 0.557. The maximum Gasteiger partial charge on any atom is 0.134 e. The van der Waals surface area contributed by atoms with E-state index in [9.17, 15) is 0 Å². The first-order valence-electron chi connectivity index (χ1n) is 1.66. The molecule has 0 aromatic rings. The lowest BCUT2D eigenvalue weighted by atomic mass is 11.4. The van der Waals surface area contributed by atoms with Crippen molar-refractivity contribution in [1.82, 2.24) is 0 Å². The second kappa shape index (κ2) is 5.00. The van der Waals surface area contributed by atoms with Gasteiger partial charge in [0.2, 0.25) is 0 Å². The third-order valence-electron chi connectivity index (χ3n) is 0.363. The standard InChI is InChI=1S/C3H6BrNS2/c1-7-3(4)5-2-6/h6H,2H2,1H3. The highest BCUT2D eigenvalue weighted by atomic mass is 79.9. The Morgan fingerprint density at radius 1 is 2.00 bits per heavy atom. The Labute approximate surface area is 61.5 Å². The third-order valence-corrected chi connectivity index (χ3v) is 2.19. The van der Waals surface area contributed by atoms with Gasteiger partial charge in [-0.15, -0.1) is 11.8 Å². The van der Waals surface area contributed by atoms with Crippen LogP contribution < -0.4 is 0 Å². The van der Waals surface area contributed by atoms with Gasteiger partial charge in [-0.2, -0.15) is 12.6 Å². The predicted molar refractivity (Wildman–Crippen MR) is 43.7 cm³/mol. The molecule has 0 rings (SSSR count). The molecule has 42 valence electrons. The fourth-order valence-corrected chi connectivity index (χ4v) is 0.870. The van der Waals surface area contributed by atoms with E-state index in [1.54, 1.807) is 11.8 Å². The molecule has 0 amide bonds. The zero-order valence-electron chi connectivity index (χ0n) is 3.89. The molecule has 0 aliphatic rings. The number of rotatable bonds is 1. The van der Waals surface area contributed by atoms with Gasteiger partial charge in [0, 0.05) is 0 Å². The predicted octanol–water partition coefficient (Wildman–Crippen LogP) is 1.99. The van der Waals surface area contributed by atoms with E-state index in [1.807, 2.05) is 6.26 Å². The highest BCUT2D eigenvalue weighted by Crippen LogP contribution is 2.04. The van der Waals surface area contributed by atoms with Crippen LogP contribution in [0, 0.1) is 0 Å². The molecule has 0 fully saturated rings. The van der Waals surface area contributed by atoms with Gasteiger partial charge in [-0.3, -0.25) is 4.99 Å². The zero-order chi connectivity index (χ0) is 5.70. The number of thioether (sulfide) groups is 1. The Balaban J connectivity index is 3.29. The number of thiol groups is 1. The van der Waals surface area contributed by atoms with E-state index in [-0.39, 0.29) is 0 Å². The fraction of sp³-hybridized carbons (Fsp3) is 0.667. The van der Waals surface area contributed by atoms with Crippen molar-refractivity contribution in [2.24, 2.45) is 4.99 Å².